The van der Waals surface area contributed by atoms with Gasteiger partial charge < -0.3 is 18.0 Å². The van der Waals surface area contributed by atoms with E-state index in [-0.39, 0.29) is 17.1 Å². The molecule has 0 atom stereocenters. The van der Waals surface area contributed by atoms with Gasteiger partial charge in [-0.05, 0) is 60.2 Å². The van der Waals surface area contributed by atoms with Crippen LogP contribution in [0.5, 0.6) is 0 Å². The lowest BCUT2D eigenvalue weighted by atomic mass is 9.95. The number of nitriles is 1. The summed E-state index contributed by atoms with van der Waals surface area (Å²) in [5.74, 6) is 0. The highest BCUT2D eigenvalue weighted by Crippen LogP contribution is 2.53. The second-order valence-electron chi connectivity index (χ2n) is 14.7. The Morgan fingerprint density at radius 2 is 0.967 bits per heavy atom. The van der Waals surface area contributed by atoms with Crippen molar-refractivity contribution in [2.24, 2.45) is 0 Å². The third-order valence-electron chi connectivity index (χ3n) is 11.8. The van der Waals surface area contributed by atoms with E-state index in [1.807, 2.05) is 114 Å². The topological polar surface area (TPSA) is 73.0 Å². The number of benzene rings is 8. The average molecular weight is 765 g/mol. The number of para-hydroxylation sites is 5. The molecule has 0 radical (unpaired) electrons. The SMILES string of the molecule is [C-]#[N+]c1cc(-c2cccc(C#N)c2-n2c3ccccc3c3c4oc5ccccc5c4ccc32)c(-n2c3ccccc3c3c4oc5ccccc5c4ccc32)c([N+]#[C-])c1[N+]#[C-]. The van der Waals surface area contributed by atoms with Crippen molar-refractivity contribution in [3.05, 3.63) is 185 Å². The van der Waals surface area contributed by atoms with Gasteiger partial charge in [-0.3, -0.25) is 9.69 Å². The van der Waals surface area contributed by atoms with Gasteiger partial charge in [-0.1, -0.05) is 91.0 Å². The highest BCUT2D eigenvalue weighted by molar-refractivity contribution is 6.26. The van der Waals surface area contributed by atoms with E-state index in [9.17, 15) is 5.26 Å². The zero-order chi connectivity index (χ0) is 40.2. The quantitative estimate of drug-likeness (QED) is 0.168. The van der Waals surface area contributed by atoms with E-state index in [4.69, 9.17) is 28.6 Å². The monoisotopic (exact) mass is 764 g/mol. The third-order valence-corrected chi connectivity index (χ3v) is 11.8. The average Bonchev–Trinajstić information content (AvgIpc) is 4.05. The summed E-state index contributed by atoms with van der Waals surface area (Å²) in [6.45, 7) is 25.2. The highest BCUT2D eigenvalue weighted by atomic mass is 16.3. The van der Waals surface area contributed by atoms with Crippen LogP contribution in [0.2, 0.25) is 0 Å². The number of nitrogens with zero attached hydrogens (tertiary/aromatic N) is 6. The lowest BCUT2D eigenvalue weighted by Gasteiger charge is -2.22. The fourth-order valence-corrected chi connectivity index (χ4v) is 9.41. The standard InChI is InChI=1S/C52H24N6O2/c1-54-38-27-37(50(48(56-3)47(38)55-2)58-40-20-9-5-17-36(40)46-42(58)26-24-34-31-15-7-11-22-44(31)60-52(34)46)32-18-12-13-29(28-53)49(32)57-39-19-8-4-16-35(39)45-41(57)25-23-33-30-14-6-10-21-43(30)59-51(33)45/h4-27H. The minimum atomic E-state index is -0.0309. The van der Waals surface area contributed by atoms with Crippen molar-refractivity contribution in [3.63, 3.8) is 0 Å². The van der Waals surface area contributed by atoms with Gasteiger partial charge in [0, 0.05) is 43.6 Å². The summed E-state index contributed by atoms with van der Waals surface area (Å²) in [4.78, 5) is 11.7. The van der Waals surface area contributed by atoms with E-state index in [1.54, 1.807) is 12.1 Å². The molecule has 8 heteroatoms. The van der Waals surface area contributed by atoms with Crippen LogP contribution in [-0.2, 0) is 0 Å². The molecule has 0 amide bonds. The molecule has 0 saturated heterocycles. The summed E-state index contributed by atoms with van der Waals surface area (Å²) in [7, 11) is 0. The smallest absolute Gasteiger partial charge is 0.207 e. The Morgan fingerprint density at radius 1 is 0.450 bits per heavy atom. The maximum Gasteiger partial charge on any atom is 0.207 e. The van der Waals surface area contributed by atoms with Crippen LogP contribution in [-0.4, -0.2) is 9.13 Å². The minimum Gasteiger partial charge on any atom is -0.455 e. The van der Waals surface area contributed by atoms with Crippen LogP contribution < -0.4 is 0 Å². The first kappa shape index (κ1) is 33.1. The van der Waals surface area contributed by atoms with E-state index in [0.717, 1.165) is 81.9 Å². The fraction of sp³-hybridized carbons (Fsp3) is 0. The first-order chi connectivity index (χ1) is 29.6. The molecule has 60 heavy (non-hydrogen) atoms. The Kier molecular flexibility index (Phi) is 6.73. The Morgan fingerprint density at radius 3 is 1.50 bits per heavy atom. The number of rotatable bonds is 3. The van der Waals surface area contributed by atoms with Gasteiger partial charge in [0.05, 0.1) is 63.8 Å². The van der Waals surface area contributed by atoms with Crippen LogP contribution in [0.25, 0.3) is 125 Å². The predicted molar refractivity (Wildman–Crippen MR) is 239 cm³/mol. The van der Waals surface area contributed by atoms with E-state index in [1.165, 1.54) is 0 Å². The fourth-order valence-electron chi connectivity index (χ4n) is 9.41. The van der Waals surface area contributed by atoms with Gasteiger partial charge >= 0.3 is 0 Å². The largest absolute Gasteiger partial charge is 0.455 e. The number of aromatic nitrogens is 2. The molecular formula is C52H24N6O2. The first-order valence-corrected chi connectivity index (χ1v) is 19.2. The minimum absolute atomic E-state index is 0.0309. The third kappa shape index (κ3) is 4.23. The summed E-state index contributed by atoms with van der Waals surface area (Å²) < 4.78 is 17.3. The van der Waals surface area contributed by atoms with Crippen LogP contribution in [0.3, 0.4) is 0 Å². The Hall–Kier alpha value is -9.08. The van der Waals surface area contributed by atoms with Gasteiger partial charge in [-0.25, -0.2) is 4.85 Å². The molecule has 12 aromatic rings. The normalized spacial score (nSPS) is 11.6. The van der Waals surface area contributed by atoms with Crippen molar-refractivity contribution in [1.82, 2.24) is 9.13 Å². The zero-order valence-corrected chi connectivity index (χ0v) is 31.4. The van der Waals surface area contributed by atoms with Crippen LogP contribution in [0.4, 0.5) is 17.1 Å². The van der Waals surface area contributed by atoms with Crippen LogP contribution in [0, 0.1) is 31.0 Å². The molecule has 0 N–H and O–H groups in total. The summed E-state index contributed by atoms with van der Waals surface area (Å²) in [5.41, 5.74) is 8.83. The second-order valence-corrected chi connectivity index (χ2v) is 14.7. The highest BCUT2D eigenvalue weighted by Gasteiger charge is 2.29. The molecule has 8 nitrogen and oxygen atoms in total. The molecule has 0 bridgehead atoms. The molecule has 0 saturated carbocycles. The van der Waals surface area contributed by atoms with Gasteiger partial charge in [-0.2, -0.15) is 5.26 Å². The van der Waals surface area contributed by atoms with Crippen molar-refractivity contribution >= 4 is 105 Å². The molecule has 12 rings (SSSR count). The molecule has 0 aliphatic heterocycles. The van der Waals surface area contributed by atoms with Crippen LogP contribution in [0.1, 0.15) is 5.56 Å². The summed E-state index contributed by atoms with van der Waals surface area (Å²) in [6.07, 6.45) is 0. The molecule has 0 aliphatic carbocycles. The van der Waals surface area contributed by atoms with Crippen molar-refractivity contribution in [1.29, 1.82) is 5.26 Å². The second kappa shape index (κ2) is 12.2. The maximum atomic E-state index is 10.9. The lowest BCUT2D eigenvalue weighted by molar-refractivity contribution is 0.672. The molecule has 0 unspecified atom stereocenters. The van der Waals surface area contributed by atoms with Crippen molar-refractivity contribution in [2.45, 2.75) is 0 Å². The molecule has 0 spiro atoms. The van der Waals surface area contributed by atoms with Crippen molar-refractivity contribution < 1.29 is 8.83 Å². The molecule has 4 aromatic heterocycles. The van der Waals surface area contributed by atoms with Gasteiger partial charge in [0.1, 0.15) is 28.4 Å². The Balaban J connectivity index is 1.26. The van der Waals surface area contributed by atoms with Crippen LogP contribution >= 0.6 is 0 Å². The predicted octanol–water partition coefficient (Wildman–Crippen LogP) is 14.9. The van der Waals surface area contributed by atoms with Crippen molar-refractivity contribution in [2.75, 3.05) is 0 Å². The van der Waals surface area contributed by atoms with Gasteiger partial charge in [0.25, 0.3) is 0 Å². The van der Waals surface area contributed by atoms with E-state index < -0.39 is 0 Å². The molecule has 0 fully saturated rings. The lowest BCUT2D eigenvalue weighted by Crippen LogP contribution is -2.04. The zero-order valence-electron chi connectivity index (χ0n) is 31.4. The number of hydrogen-bond donors (Lipinski definition) is 0. The Labute approximate surface area is 340 Å². The summed E-state index contributed by atoms with van der Waals surface area (Å²) >= 11 is 0. The molecule has 274 valence electrons. The van der Waals surface area contributed by atoms with Gasteiger partial charge in [0.15, 0.2) is 5.69 Å². The van der Waals surface area contributed by atoms with Crippen LogP contribution in [0.15, 0.2) is 154 Å². The van der Waals surface area contributed by atoms with E-state index >= 15 is 0 Å². The number of fused-ring (bicyclic) bond motifs is 14. The molecule has 0 aliphatic rings. The Bertz CT molecular complexity index is 4070. The summed E-state index contributed by atoms with van der Waals surface area (Å²) in [5, 5.41) is 18.5. The molecular weight excluding hydrogens is 741 g/mol. The number of hydrogen-bond acceptors (Lipinski definition) is 3. The number of furan rings is 2. The molecule has 4 heterocycles. The summed E-state index contributed by atoms with van der Waals surface area (Å²) in [6, 6.07) is 49.9. The van der Waals surface area contributed by atoms with Gasteiger partial charge in [0.2, 0.25) is 11.4 Å². The molecule has 8 aromatic carbocycles. The van der Waals surface area contributed by atoms with E-state index in [2.05, 4.69) is 49.4 Å². The van der Waals surface area contributed by atoms with E-state index in [0.29, 0.717) is 33.6 Å². The van der Waals surface area contributed by atoms with Gasteiger partial charge in [-0.15, -0.1) is 0 Å². The first-order valence-electron chi connectivity index (χ1n) is 19.2. The maximum absolute atomic E-state index is 10.9. The van der Waals surface area contributed by atoms with Crippen molar-refractivity contribution in [3.8, 4) is 28.6 Å².